The molecule has 0 fully saturated rings. The van der Waals surface area contributed by atoms with Crippen molar-refractivity contribution in [1.29, 1.82) is 0 Å². The summed E-state index contributed by atoms with van der Waals surface area (Å²) >= 11 is 6.09. The van der Waals surface area contributed by atoms with E-state index in [4.69, 9.17) is 17.3 Å². The van der Waals surface area contributed by atoms with Gasteiger partial charge >= 0.3 is 0 Å². The van der Waals surface area contributed by atoms with Crippen LogP contribution in [0.25, 0.3) is 10.9 Å². The second-order valence-corrected chi connectivity index (χ2v) is 5.61. The summed E-state index contributed by atoms with van der Waals surface area (Å²) in [5, 5.41) is 5.15. The molecular weight excluding hydrogens is 282 g/mol. The largest absolute Gasteiger partial charge is 0.399 e. The molecule has 0 saturated carbocycles. The Hall–Kier alpha value is -2.26. The second-order valence-electron chi connectivity index (χ2n) is 5.17. The van der Waals surface area contributed by atoms with Crippen LogP contribution in [0.1, 0.15) is 11.3 Å². The summed E-state index contributed by atoms with van der Waals surface area (Å²) in [4.78, 5) is 4.54. The molecule has 0 aliphatic rings. The van der Waals surface area contributed by atoms with Crippen molar-refractivity contribution in [1.82, 2.24) is 4.98 Å². The van der Waals surface area contributed by atoms with Crippen molar-refractivity contribution in [2.45, 2.75) is 13.8 Å². The molecule has 1 heterocycles. The van der Waals surface area contributed by atoms with Crippen molar-refractivity contribution < 1.29 is 0 Å². The Morgan fingerprint density at radius 1 is 1.00 bits per heavy atom. The first-order valence-corrected chi connectivity index (χ1v) is 7.11. The monoisotopic (exact) mass is 297 g/mol. The van der Waals surface area contributed by atoms with Crippen molar-refractivity contribution in [2.75, 3.05) is 11.1 Å². The highest BCUT2D eigenvalue weighted by Crippen LogP contribution is 2.30. The van der Waals surface area contributed by atoms with Gasteiger partial charge in [0, 0.05) is 33.2 Å². The van der Waals surface area contributed by atoms with Crippen molar-refractivity contribution >= 4 is 39.6 Å². The number of anilines is 3. The van der Waals surface area contributed by atoms with Gasteiger partial charge in [0.1, 0.15) is 0 Å². The number of nitrogens with zero attached hydrogens (tertiary/aromatic N) is 1. The molecule has 3 nitrogen and oxygen atoms in total. The number of nitrogen functional groups attached to an aromatic ring is 1. The normalized spacial score (nSPS) is 10.8. The molecule has 3 rings (SSSR count). The number of hydrogen-bond donors (Lipinski definition) is 2. The fraction of sp³-hybridized carbons (Fsp3) is 0.118. The molecule has 1 aromatic heterocycles. The summed E-state index contributed by atoms with van der Waals surface area (Å²) in [6.07, 6.45) is 0. The first-order valence-electron chi connectivity index (χ1n) is 6.73. The number of halogens is 1. The minimum absolute atomic E-state index is 0.706. The Morgan fingerprint density at radius 3 is 2.62 bits per heavy atom. The number of rotatable bonds is 2. The summed E-state index contributed by atoms with van der Waals surface area (Å²) in [6.45, 7) is 4.02. The maximum atomic E-state index is 6.09. The smallest absolute Gasteiger partial charge is 0.0727 e. The SMILES string of the molecule is Cc1cc(Nc2cc(Cl)ccc2C)c2cc(N)ccc2n1. The predicted molar refractivity (Wildman–Crippen MR) is 90.4 cm³/mol. The summed E-state index contributed by atoms with van der Waals surface area (Å²) in [6, 6.07) is 13.6. The molecule has 0 saturated heterocycles. The standard InChI is InChI=1S/C17H16ClN3/c1-10-3-4-12(18)8-16(10)21-17-7-11(2)20-15-6-5-13(19)9-14(15)17/h3-9H,19H2,1-2H3,(H,20,21). The van der Waals surface area contributed by atoms with E-state index in [0.717, 1.165) is 39.2 Å². The van der Waals surface area contributed by atoms with E-state index in [9.17, 15) is 0 Å². The summed E-state index contributed by atoms with van der Waals surface area (Å²) in [5.41, 5.74) is 11.6. The number of aryl methyl sites for hydroxylation is 2. The van der Waals surface area contributed by atoms with Crippen LogP contribution in [-0.2, 0) is 0 Å². The zero-order valence-electron chi connectivity index (χ0n) is 11.9. The van der Waals surface area contributed by atoms with Crippen LogP contribution in [0.4, 0.5) is 17.1 Å². The average molecular weight is 298 g/mol. The first kappa shape index (κ1) is 13.7. The van der Waals surface area contributed by atoms with Gasteiger partial charge in [0.15, 0.2) is 0 Å². The number of hydrogen-bond acceptors (Lipinski definition) is 3. The van der Waals surface area contributed by atoms with Gasteiger partial charge < -0.3 is 11.1 Å². The Kier molecular flexibility index (Phi) is 3.43. The maximum absolute atomic E-state index is 6.09. The third-order valence-corrected chi connectivity index (χ3v) is 3.66. The van der Waals surface area contributed by atoms with Crippen LogP contribution in [0.15, 0.2) is 42.5 Å². The van der Waals surface area contributed by atoms with Gasteiger partial charge in [-0.15, -0.1) is 0 Å². The van der Waals surface area contributed by atoms with Crippen molar-refractivity contribution in [3.05, 3.63) is 58.7 Å². The number of fused-ring (bicyclic) bond motifs is 1. The number of nitrogens with one attached hydrogen (secondary N) is 1. The Balaban J connectivity index is 2.15. The van der Waals surface area contributed by atoms with Crippen LogP contribution in [0.3, 0.4) is 0 Å². The number of pyridine rings is 1. The van der Waals surface area contributed by atoms with Crippen LogP contribution in [-0.4, -0.2) is 4.98 Å². The van der Waals surface area contributed by atoms with E-state index >= 15 is 0 Å². The lowest BCUT2D eigenvalue weighted by molar-refractivity contribution is 1.25. The van der Waals surface area contributed by atoms with Gasteiger partial charge in [0.2, 0.25) is 0 Å². The fourth-order valence-electron chi connectivity index (χ4n) is 2.35. The molecule has 0 bridgehead atoms. The van der Waals surface area contributed by atoms with E-state index in [1.165, 1.54) is 0 Å². The zero-order valence-corrected chi connectivity index (χ0v) is 12.7. The number of aromatic nitrogens is 1. The molecule has 0 aliphatic heterocycles. The summed E-state index contributed by atoms with van der Waals surface area (Å²) in [7, 11) is 0. The van der Waals surface area contributed by atoms with Crippen LogP contribution in [0.5, 0.6) is 0 Å². The molecule has 3 aromatic rings. The van der Waals surface area contributed by atoms with Gasteiger partial charge in [-0.2, -0.15) is 0 Å². The predicted octanol–water partition coefficient (Wildman–Crippen LogP) is 4.83. The Labute approximate surface area is 128 Å². The van der Waals surface area contributed by atoms with Gasteiger partial charge in [-0.1, -0.05) is 17.7 Å². The third kappa shape index (κ3) is 2.78. The second kappa shape index (κ2) is 5.26. The van der Waals surface area contributed by atoms with E-state index in [-0.39, 0.29) is 0 Å². The van der Waals surface area contributed by atoms with Gasteiger partial charge in [-0.05, 0) is 55.8 Å². The molecule has 0 radical (unpaired) electrons. The zero-order chi connectivity index (χ0) is 15.0. The molecule has 0 unspecified atom stereocenters. The maximum Gasteiger partial charge on any atom is 0.0727 e. The topological polar surface area (TPSA) is 50.9 Å². The molecule has 106 valence electrons. The van der Waals surface area contributed by atoms with Crippen LogP contribution in [0.2, 0.25) is 5.02 Å². The van der Waals surface area contributed by atoms with Crippen molar-refractivity contribution in [3.63, 3.8) is 0 Å². The van der Waals surface area contributed by atoms with Gasteiger partial charge in [0.25, 0.3) is 0 Å². The van der Waals surface area contributed by atoms with Crippen LogP contribution < -0.4 is 11.1 Å². The number of nitrogens with two attached hydrogens (primary N) is 1. The molecular formula is C17H16ClN3. The minimum atomic E-state index is 0.706. The van der Waals surface area contributed by atoms with Crippen molar-refractivity contribution in [2.24, 2.45) is 0 Å². The van der Waals surface area contributed by atoms with E-state index in [1.54, 1.807) is 0 Å². The quantitative estimate of drug-likeness (QED) is 0.666. The molecule has 0 spiro atoms. The van der Waals surface area contributed by atoms with Crippen LogP contribution in [0, 0.1) is 13.8 Å². The first-order chi connectivity index (χ1) is 10.0. The van der Waals surface area contributed by atoms with Gasteiger partial charge in [0.05, 0.1) is 5.52 Å². The van der Waals surface area contributed by atoms with E-state index in [2.05, 4.69) is 10.3 Å². The van der Waals surface area contributed by atoms with E-state index in [1.807, 2.05) is 56.3 Å². The summed E-state index contributed by atoms with van der Waals surface area (Å²) in [5.74, 6) is 0. The lowest BCUT2D eigenvalue weighted by Gasteiger charge is -2.13. The van der Waals surface area contributed by atoms with E-state index in [0.29, 0.717) is 5.02 Å². The van der Waals surface area contributed by atoms with E-state index < -0.39 is 0 Å². The lowest BCUT2D eigenvalue weighted by atomic mass is 10.1. The van der Waals surface area contributed by atoms with Gasteiger partial charge in [-0.3, -0.25) is 4.98 Å². The highest BCUT2D eigenvalue weighted by molar-refractivity contribution is 6.30. The Morgan fingerprint density at radius 2 is 1.81 bits per heavy atom. The van der Waals surface area contributed by atoms with Crippen molar-refractivity contribution in [3.8, 4) is 0 Å². The molecule has 4 heteroatoms. The summed E-state index contributed by atoms with van der Waals surface area (Å²) < 4.78 is 0. The minimum Gasteiger partial charge on any atom is -0.399 e. The molecule has 21 heavy (non-hydrogen) atoms. The molecule has 2 aromatic carbocycles. The highest BCUT2D eigenvalue weighted by Gasteiger charge is 2.07. The number of benzene rings is 2. The third-order valence-electron chi connectivity index (χ3n) is 3.43. The highest BCUT2D eigenvalue weighted by atomic mass is 35.5. The molecule has 0 atom stereocenters. The molecule has 0 amide bonds. The average Bonchev–Trinajstić information content (AvgIpc) is 2.43. The van der Waals surface area contributed by atoms with Crippen LogP contribution >= 0.6 is 11.6 Å². The Bertz CT molecular complexity index is 828. The fourth-order valence-corrected chi connectivity index (χ4v) is 2.53. The molecule has 3 N–H and O–H groups in total. The molecule has 0 aliphatic carbocycles. The lowest BCUT2D eigenvalue weighted by Crippen LogP contribution is -1.97. The van der Waals surface area contributed by atoms with Gasteiger partial charge in [-0.25, -0.2) is 0 Å².